The van der Waals surface area contributed by atoms with E-state index in [1.54, 1.807) is 5.56 Å². The molecule has 2 heterocycles. The molecule has 0 amide bonds. The van der Waals surface area contributed by atoms with E-state index in [1.165, 1.54) is 17.4 Å². The van der Waals surface area contributed by atoms with Crippen molar-refractivity contribution in [3.63, 3.8) is 0 Å². The Kier molecular flexibility index (Phi) is 2.58. The van der Waals surface area contributed by atoms with Crippen molar-refractivity contribution in [2.24, 2.45) is 0 Å². The summed E-state index contributed by atoms with van der Waals surface area (Å²) in [6, 6.07) is 8.93. The number of rotatable bonds is 1. The Morgan fingerprint density at radius 3 is 2.86 bits per heavy atom. The quantitative estimate of drug-likeness (QED) is 0.396. The number of nitrogens with one attached hydrogen (secondary N) is 1. The maximum atomic E-state index is 3.61. The second-order valence-electron chi connectivity index (χ2n) is 3.87. The van der Waals surface area contributed by atoms with Gasteiger partial charge in [-0.25, -0.2) is 0 Å². The Bertz CT molecular complexity index is 338. The molecule has 76 valence electrons. The van der Waals surface area contributed by atoms with Gasteiger partial charge in [-0.05, 0) is 0 Å². The van der Waals surface area contributed by atoms with Gasteiger partial charge in [0.15, 0.2) is 0 Å². The van der Waals surface area contributed by atoms with Gasteiger partial charge < -0.3 is 0 Å². The zero-order chi connectivity index (χ0) is 9.54. The van der Waals surface area contributed by atoms with Crippen LogP contribution in [0, 0.1) is 0 Å². The Morgan fingerprint density at radius 2 is 2.07 bits per heavy atom. The summed E-state index contributed by atoms with van der Waals surface area (Å²) in [5, 5.41) is 3.61. The van der Waals surface area contributed by atoms with Crippen molar-refractivity contribution in [1.82, 2.24) is 5.32 Å². The third-order valence-corrected chi connectivity index (χ3v) is 7.08. The third kappa shape index (κ3) is 1.74. The molecular weight excluding hydrogens is 353 g/mol. The first kappa shape index (κ1) is 9.60. The van der Waals surface area contributed by atoms with Crippen molar-refractivity contribution in [2.75, 3.05) is 6.54 Å². The van der Waals surface area contributed by atoms with E-state index >= 15 is 0 Å². The second-order valence-corrected chi connectivity index (χ2v) is 8.29. The van der Waals surface area contributed by atoms with Gasteiger partial charge >= 0.3 is 104 Å². The SMILES string of the molecule is Brc1ccc([C@@H]2CCN[C@H]3[I-][C@H]32)cc1. The molecule has 3 atom stereocenters. The molecule has 0 aromatic heterocycles. The fourth-order valence-electron chi connectivity index (χ4n) is 2.16. The molecule has 1 N–H and O–H groups in total. The van der Waals surface area contributed by atoms with Crippen molar-refractivity contribution < 1.29 is 21.2 Å². The molecule has 1 nitrogen and oxygen atoms in total. The van der Waals surface area contributed by atoms with Gasteiger partial charge in [0, 0.05) is 0 Å². The van der Waals surface area contributed by atoms with Crippen molar-refractivity contribution in [2.45, 2.75) is 20.3 Å². The normalized spacial score (nSPS) is 35.6. The fraction of sp³-hybridized carbons (Fsp3) is 0.455. The van der Waals surface area contributed by atoms with Crippen LogP contribution in [-0.4, -0.2) is 14.5 Å². The van der Waals surface area contributed by atoms with Crippen LogP contribution in [0.25, 0.3) is 0 Å². The molecule has 0 aliphatic carbocycles. The number of fused-ring (bicyclic) bond motifs is 1. The van der Waals surface area contributed by atoms with E-state index in [0.29, 0.717) is 21.2 Å². The molecule has 2 fully saturated rings. The summed E-state index contributed by atoms with van der Waals surface area (Å²) >= 11 is 3.96. The summed E-state index contributed by atoms with van der Waals surface area (Å²) in [7, 11) is 0. The van der Waals surface area contributed by atoms with Gasteiger partial charge in [-0.15, -0.1) is 0 Å². The predicted molar refractivity (Wildman–Crippen MR) is 57.1 cm³/mol. The summed E-state index contributed by atoms with van der Waals surface area (Å²) in [6.07, 6.45) is 1.34. The van der Waals surface area contributed by atoms with E-state index in [-0.39, 0.29) is 0 Å². The van der Waals surface area contributed by atoms with Crippen LogP contribution >= 0.6 is 15.9 Å². The van der Waals surface area contributed by atoms with Crippen LogP contribution in [0.3, 0.4) is 0 Å². The Morgan fingerprint density at radius 1 is 1.29 bits per heavy atom. The third-order valence-electron chi connectivity index (χ3n) is 2.97. The van der Waals surface area contributed by atoms with Crippen LogP contribution in [-0.2, 0) is 0 Å². The van der Waals surface area contributed by atoms with Crippen molar-refractivity contribution in [3.05, 3.63) is 34.3 Å². The monoisotopic (exact) mass is 364 g/mol. The van der Waals surface area contributed by atoms with Crippen molar-refractivity contribution in [1.29, 1.82) is 0 Å². The van der Waals surface area contributed by atoms with Crippen molar-refractivity contribution in [3.8, 4) is 0 Å². The first-order valence-electron chi connectivity index (χ1n) is 4.95. The molecule has 0 radical (unpaired) electrons. The molecule has 0 unspecified atom stereocenters. The molecule has 0 bridgehead atoms. The van der Waals surface area contributed by atoms with Gasteiger partial charge in [0.2, 0.25) is 0 Å². The first-order chi connectivity index (χ1) is 6.84. The van der Waals surface area contributed by atoms with Gasteiger partial charge in [0.1, 0.15) is 0 Å². The van der Waals surface area contributed by atoms with Crippen LogP contribution in [0.5, 0.6) is 0 Å². The van der Waals surface area contributed by atoms with Crippen molar-refractivity contribution >= 4 is 15.9 Å². The number of piperidine rings is 1. The molecular formula is C11H12BrIN-. The molecule has 2 aliphatic heterocycles. The number of alkyl halides is 2. The van der Waals surface area contributed by atoms with E-state index in [0.717, 1.165) is 13.9 Å². The minimum atomic E-state index is 0.474. The Hall–Kier alpha value is 0.390. The maximum absolute atomic E-state index is 3.61. The Labute approximate surface area is 103 Å². The number of hydrogen-bond donors (Lipinski definition) is 1. The summed E-state index contributed by atoms with van der Waals surface area (Å²) < 4.78 is 3.16. The zero-order valence-electron chi connectivity index (χ0n) is 7.71. The topological polar surface area (TPSA) is 12.0 Å². The average Bonchev–Trinajstić information content (AvgIpc) is 2.97. The second kappa shape index (κ2) is 3.76. The number of halogens is 2. The number of benzene rings is 1. The molecule has 1 aromatic carbocycles. The van der Waals surface area contributed by atoms with E-state index in [1.807, 2.05) is 0 Å². The fourth-order valence-corrected chi connectivity index (χ4v) is 5.68. The van der Waals surface area contributed by atoms with E-state index < -0.39 is 0 Å². The molecule has 0 spiro atoms. The summed E-state index contributed by atoms with van der Waals surface area (Å²) in [4.78, 5) is 0. The van der Waals surface area contributed by atoms with Crippen LogP contribution in [0.1, 0.15) is 17.9 Å². The van der Waals surface area contributed by atoms with Crippen LogP contribution in [0.4, 0.5) is 0 Å². The van der Waals surface area contributed by atoms with E-state index in [9.17, 15) is 0 Å². The molecule has 2 aliphatic rings. The molecule has 0 saturated carbocycles. The standard InChI is InChI=1S/C11H12BrIN/c12-8-3-1-7(2-4-8)9-5-6-14-11-10(9)13-11/h1-4,9-11,14H,5-6H2/q-1/t9-,10-,11+/m0/s1. The van der Waals surface area contributed by atoms with Gasteiger partial charge in [-0.2, -0.15) is 0 Å². The van der Waals surface area contributed by atoms with Crippen LogP contribution < -0.4 is 26.5 Å². The summed E-state index contributed by atoms with van der Waals surface area (Å²) in [5.41, 5.74) is 1.56. The number of hydrogen-bond acceptors (Lipinski definition) is 1. The minimum absolute atomic E-state index is 0.474. The average molecular weight is 365 g/mol. The van der Waals surface area contributed by atoms with E-state index in [4.69, 9.17) is 0 Å². The molecule has 3 heteroatoms. The van der Waals surface area contributed by atoms with Crippen LogP contribution in [0.2, 0.25) is 0 Å². The van der Waals surface area contributed by atoms with Gasteiger partial charge in [0.05, 0.1) is 0 Å². The summed E-state index contributed by atoms with van der Waals surface area (Å²) in [5.74, 6) is 0.863. The van der Waals surface area contributed by atoms with Crippen LogP contribution in [0.15, 0.2) is 28.7 Å². The molecule has 3 rings (SSSR count). The summed E-state index contributed by atoms with van der Waals surface area (Å²) in [6.45, 7) is 1.22. The molecule has 1 aromatic rings. The molecule has 2 saturated heterocycles. The zero-order valence-corrected chi connectivity index (χ0v) is 11.5. The molecule has 14 heavy (non-hydrogen) atoms. The van der Waals surface area contributed by atoms with Gasteiger partial charge in [0.25, 0.3) is 0 Å². The predicted octanol–water partition coefficient (Wildman–Crippen LogP) is -0.677. The Balaban J connectivity index is 1.84. The van der Waals surface area contributed by atoms with E-state index in [2.05, 4.69) is 45.5 Å². The van der Waals surface area contributed by atoms with Gasteiger partial charge in [-0.1, -0.05) is 0 Å². The van der Waals surface area contributed by atoms with Gasteiger partial charge in [-0.3, -0.25) is 0 Å². The first-order valence-corrected chi connectivity index (χ1v) is 8.24.